The highest BCUT2D eigenvalue weighted by Gasteiger charge is 2.10. The lowest BCUT2D eigenvalue weighted by Gasteiger charge is -2.10. The van der Waals surface area contributed by atoms with Crippen molar-refractivity contribution in [1.82, 2.24) is 0 Å². The highest BCUT2D eigenvalue weighted by molar-refractivity contribution is 9.10. The van der Waals surface area contributed by atoms with Gasteiger partial charge in [-0.05, 0) is 23.1 Å². The van der Waals surface area contributed by atoms with Crippen LogP contribution in [0.1, 0.15) is 36.5 Å². The number of rotatable bonds is 2. The lowest BCUT2D eigenvalue weighted by Crippen LogP contribution is -1.96. The highest BCUT2D eigenvalue weighted by atomic mass is 79.9. The first-order valence-electron chi connectivity index (χ1n) is 4.69. The van der Waals surface area contributed by atoms with Gasteiger partial charge >= 0.3 is 0 Å². The van der Waals surface area contributed by atoms with Crippen LogP contribution in [0.2, 0.25) is 0 Å². The summed E-state index contributed by atoms with van der Waals surface area (Å²) in [6.07, 6.45) is 0.367. The van der Waals surface area contributed by atoms with Gasteiger partial charge in [0, 0.05) is 4.47 Å². The molecule has 0 unspecified atom stereocenters. The number of nitriles is 2. The summed E-state index contributed by atoms with van der Waals surface area (Å²) in [7, 11) is 0. The molecule has 2 nitrogen and oxygen atoms in total. The van der Waals surface area contributed by atoms with Crippen molar-refractivity contribution in [2.24, 2.45) is 0 Å². The van der Waals surface area contributed by atoms with E-state index in [0.717, 1.165) is 15.6 Å². The summed E-state index contributed by atoms with van der Waals surface area (Å²) in [6, 6.07) is 8.02. The van der Waals surface area contributed by atoms with Crippen molar-refractivity contribution in [3.8, 4) is 12.1 Å². The summed E-state index contributed by atoms with van der Waals surface area (Å²) >= 11 is 3.37. The first kappa shape index (κ1) is 11.8. The summed E-state index contributed by atoms with van der Waals surface area (Å²) in [5.74, 6) is 0.296. The minimum absolute atomic E-state index is 0.296. The zero-order valence-corrected chi connectivity index (χ0v) is 10.3. The predicted octanol–water partition coefficient (Wildman–Crippen LogP) is 3.51. The molecule has 3 heteroatoms. The predicted molar refractivity (Wildman–Crippen MR) is 62.3 cm³/mol. The smallest absolute Gasteiger partial charge is 0.0995 e. The molecule has 0 aliphatic rings. The second-order valence-corrected chi connectivity index (χ2v) is 4.49. The van der Waals surface area contributed by atoms with E-state index in [1.54, 1.807) is 6.07 Å². The molecule has 0 amide bonds. The molecule has 1 aromatic carbocycles. The fraction of sp³-hybridized carbons (Fsp3) is 0.333. The number of hydrogen-bond donors (Lipinski definition) is 0. The van der Waals surface area contributed by atoms with Crippen molar-refractivity contribution in [3.63, 3.8) is 0 Å². The summed E-state index contributed by atoms with van der Waals surface area (Å²) in [6.45, 7) is 4.08. The summed E-state index contributed by atoms with van der Waals surface area (Å²) in [4.78, 5) is 0. The average molecular weight is 263 g/mol. The number of nitrogens with zero attached hydrogens (tertiary/aromatic N) is 2. The average Bonchev–Trinajstić information content (AvgIpc) is 2.20. The van der Waals surface area contributed by atoms with Crippen LogP contribution in [-0.2, 0) is 6.42 Å². The van der Waals surface area contributed by atoms with Gasteiger partial charge in [0.05, 0.1) is 24.1 Å². The van der Waals surface area contributed by atoms with E-state index in [0.29, 0.717) is 17.9 Å². The zero-order valence-electron chi connectivity index (χ0n) is 8.71. The molecule has 0 fully saturated rings. The maximum absolute atomic E-state index is 8.98. The van der Waals surface area contributed by atoms with E-state index in [4.69, 9.17) is 10.5 Å². The molecule has 0 aliphatic carbocycles. The van der Waals surface area contributed by atoms with Gasteiger partial charge in [0.2, 0.25) is 0 Å². The molecule has 0 aromatic heterocycles. The molecule has 0 saturated carbocycles. The van der Waals surface area contributed by atoms with Crippen LogP contribution in [-0.4, -0.2) is 0 Å². The molecule has 1 rings (SSSR count). The largest absolute Gasteiger partial charge is 0.198 e. The second-order valence-electron chi connectivity index (χ2n) is 3.63. The molecule has 0 spiro atoms. The SMILES string of the molecule is CC(C)c1cc(CC#N)c(Br)cc1C#N. The van der Waals surface area contributed by atoms with Crippen molar-refractivity contribution in [2.75, 3.05) is 0 Å². The molecule has 0 radical (unpaired) electrons. The second kappa shape index (κ2) is 4.96. The minimum Gasteiger partial charge on any atom is -0.198 e. The molecule has 76 valence electrons. The van der Waals surface area contributed by atoms with Crippen molar-refractivity contribution in [2.45, 2.75) is 26.2 Å². The Hall–Kier alpha value is -1.32. The Kier molecular flexibility index (Phi) is 3.88. The first-order valence-corrected chi connectivity index (χ1v) is 5.48. The van der Waals surface area contributed by atoms with Gasteiger partial charge in [0.25, 0.3) is 0 Å². The van der Waals surface area contributed by atoms with Crippen LogP contribution in [0.3, 0.4) is 0 Å². The van der Waals surface area contributed by atoms with E-state index < -0.39 is 0 Å². The quantitative estimate of drug-likeness (QED) is 0.819. The fourth-order valence-corrected chi connectivity index (χ4v) is 1.92. The third kappa shape index (κ3) is 2.58. The van der Waals surface area contributed by atoms with Crippen LogP contribution >= 0.6 is 15.9 Å². The monoisotopic (exact) mass is 262 g/mol. The van der Waals surface area contributed by atoms with Gasteiger partial charge in [-0.15, -0.1) is 0 Å². The third-order valence-electron chi connectivity index (χ3n) is 2.23. The molecule has 0 N–H and O–H groups in total. The molecule has 0 bridgehead atoms. The Morgan fingerprint density at radius 1 is 1.33 bits per heavy atom. The van der Waals surface area contributed by atoms with Crippen molar-refractivity contribution in [3.05, 3.63) is 33.3 Å². The highest BCUT2D eigenvalue weighted by Crippen LogP contribution is 2.26. The molecule has 1 aromatic rings. The van der Waals surface area contributed by atoms with Gasteiger partial charge in [-0.25, -0.2) is 0 Å². The maximum atomic E-state index is 8.98. The van der Waals surface area contributed by atoms with Crippen LogP contribution < -0.4 is 0 Å². The third-order valence-corrected chi connectivity index (χ3v) is 2.97. The van der Waals surface area contributed by atoms with Crippen molar-refractivity contribution >= 4 is 15.9 Å². The van der Waals surface area contributed by atoms with E-state index in [1.807, 2.05) is 19.9 Å². The van der Waals surface area contributed by atoms with Crippen molar-refractivity contribution < 1.29 is 0 Å². The van der Waals surface area contributed by atoms with E-state index in [2.05, 4.69) is 28.1 Å². The summed E-state index contributed by atoms with van der Waals surface area (Å²) in [5, 5.41) is 17.6. The zero-order chi connectivity index (χ0) is 11.4. The lowest BCUT2D eigenvalue weighted by molar-refractivity contribution is 0.859. The van der Waals surface area contributed by atoms with Gasteiger partial charge < -0.3 is 0 Å². The molecular formula is C12H11BrN2. The number of hydrogen-bond acceptors (Lipinski definition) is 2. The summed E-state index contributed by atoms with van der Waals surface area (Å²) in [5.41, 5.74) is 2.63. The van der Waals surface area contributed by atoms with Crippen LogP contribution in [0.15, 0.2) is 16.6 Å². The Bertz CT molecular complexity index is 450. The van der Waals surface area contributed by atoms with Gasteiger partial charge in [0.1, 0.15) is 0 Å². The molecule has 15 heavy (non-hydrogen) atoms. The number of halogens is 1. The van der Waals surface area contributed by atoms with E-state index in [-0.39, 0.29) is 0 Å². The molecular weight excluding hydrogens is 252 g/mol. The van der Waals surface area contributed by atoms with Crippen LogP contribution in [0.4, 0.5) is 0 Å². The van der Waals surface area contributed by atoms with E-state index in [1.165, 1.54) is 0 Å². The molecule has 0 heterocycles. The minimum atomic E-state index is 0.296. The van der Waals surface area contributed by atoms with Gasteiger partial charge in [0.15, 0.2) is 0 Å². The van der Waals surface area contributed by atoms with Crippen LogP contribution in [0, 0.1) is 22.7 Å². The molecule has 0 saturated heterocycles. The van der Waals surface area contributed by atoms with Crippen LogP contribution in [0.25, 0.3) is 0 Å². The lowest BCUT2D eigenvalue weighted by atomic mass is 9.95. The van der Waals surface area contributed by atoms with Gasteiger partial charge in [-0.3, -0.25) is 0 Å². The first-order chi connectivity index (χ1) is 7.10. The van der Waals surface area contributed by atoms with Crippen LogP contribution in [0.5, 0.6) is 0 Å². The van der Waals surface area contributed by atoms with E-state index >= 15 is 0 Å². The molecule has 0 aliphatic heterocycles. The normalized spacial score (nSPS) is 9.73. The van der Waals surface area contributed by atoms with Gasteiger partial charge in [-0.1, -0.05) is 35.8 Å². The van der Waals surface area contributed by atoms with E-state index in [9.17, 15) is 0 Å². The standard InChI is InChI=1S/C12H11BrN2/c1-8(2)11-5-9(3-4-14)12(13)6-10(11)7-15/h5-6,8H,3H2,1-2H3. The summed E-state index contributed by atoms with van der Waals surface area (Å²) < 4.78 is 0.838. The topological polar surface area (TPSA) is 47.6 Å². The maximum Gasteiger partial charge on any atom is 0.0995 e. The fourth-order valence-electron chi connectivity index (χ4n) is 1.43. The molecule has 0 atom stereocenters. The van der Waals surface area contributed by atoms with Crippen molar-refractivity contribution in [1.29, 1.82) is 10.5 Å². The Morgan fingerprint density at radius 2 is 2.00 bits per heavy atom. The Balaban J connectivity index is 3.33. The number of benzene rings is 1. The Labute approximate surface area is 98.3 Å². The Morgan fingerprint density at radius 3 is 2.47 bits per heavy atom. The van der Waals surface area contributed by atoms with Gasteiger partial charge in [-0.2, -0.15) is 10.5 Å².